The second-order valence-electron chi connectivity index (χ2n) is 4.57. The maximum absolute atomic E-state index is 12.1. The van der Waals surface area contributed by atoms with E-state index < -0.39 is 0 Å². The lowest BCUT2D eigenvalue weighted by molar-refractivity contribution is -0.127. The van der Waals surface area contributed by atoms with Crippen molar-refractivity contribution in [1.82, 2.24) is 10.6 Å². The number of amides is 1. The van der Waals surface area contributed by atoms with Crippen molar-refractivity contribution in [3.05, 3.63) is 22.4 Å². The van der Waals surface area contributed by atoms with Crippen molar-refractivity contribution in [2.45, 2.75) is 38.3 Å². The average molecular weight is 238 g/mol. The van der Waals surface area contributed by atoms with Crippen LogP contribution < -0.4 is 10.6 Å². The zero-order chi connectivity index (χ0) is 11.6. The molecule has 1 aromatic heterocycles. The van der Waals surface area contributed by atoms with Gasteiger partial charge in [0, 0.05) is 4.88 Å². The molecule has 1 unspecified atom stereocenters. The van der Waals surface area contributed by atoms with Gasteiger partial charge in [-0.15, -0.1) is 11.3 Å². The number of rotatable bonds is 3. The molecule has 2 atom stereocenters. The largest absolute Gasteiger partial charge is 0.347 e. The van der Waals surface area contributed by atoms with Crippen LogP contribution in [0.15, 0.2) is 17.5 Å². The third kappa shape index (κ3) is 2.28. The van der Waals surface area contributed by atoms with Gasteiger partial charge in [-0.3, -0.25) is 4.79 Å². The van der Waals surface area contributed by atoms with Crippen molar-refractivity contribution in [3.63, 3.8) is 0 Å². The molecule has 0 saturated carbocycles. The number of nitrogens with one attached hydrogen (secondary N) is 2. The molecular weight excluding hydrogens is 220 g/mol. The highest BCUT2D eigenvalue weighted by atomic mass is 32.1. The standard InChI is InChI=1S/C12H18N2OS/c1-9(10-5-3-8-16-10)14-11(15)12(2)6-4-7-13-12/h3,5,8-9,13H,4,6-7H2,1-2H3,(H,14,15)/t9-,12?/m0/s1. The van der Waals surface area contributed by atoms with Crippen LogP contribution in [0.3, 0.4) is 0 Å². The van der Waals surface area contributed by atoms with E-state index in [0.29, 0.717) is 0 Å². The summed E-state index contributed by atoms with van der Waals surface area (Å²) in [5.74, 6) is 0.117. The first-order valence-corrected chi connectivity index (χ1v) is 6.59. The van der Waals surface area contributed by atoms with Crippen LogP contribution in [0.4, 0.5) is 0 Å². The summed E-state index contributed by atoms with van der Waals surface area (Å²) in [6, 6.07) is 4.17. The fourth-order valence-corrected chi connectivity index (χ4v) is 2.79. The highest BCUT2D eigenvalue weighted by Gasteiger charge is 2.36. The molecule has 16 heavy (non-hydrogen) atoms. The SMILES string of the molecule is C[C@H](NC(=O)C1(C)CCCN1)c1cccs1. The summed E-state index contributed by atoms with van der Waals surface area (Å²) in [5, 5.41) is 8.38. The molecule has 2 N–H and O–H groups in total. The second-order valence-corrected chi connectivity index (χ2v) is 5.55. The van der Waals surface area contributed by atoms with Crippen LogP contribution in [-0.4, -0.2) is 18.0 Å². The fourth-order valence-electron chi connectivity index (χ4n) is 2.05. The van der Waals surface area contributed by atoms with Crippen molar-refractivity contribution in [1.29, 1.82) is 0 Å². The topological polar surface area (TPSA) is 41.1 Å². The van der Waals surface area contributed by atoms with Gasteiger partial charge in [-0.05, 0) is 44.7 Å². The van der Waals surface area contributed by atoms with Crippen molar-refractivity contribution in [2.75, 3.05) is 6.54 Å². The zero-order valence-corrected chi connectivity index (χ0v) is 10.6. The molecule has 0 bridgehead atoms. The van der Waals surface area contributed by atoms with E-state index in [0.717, 1.165) is 19.4 Å². The van der Waals surface area contributed by atoms with Gasteiger partial charge in [0.05, 0.1) is 11.6 Å². The van der Waals surface area contributed by atoms with E-state index in [4.69, 9.17) is 0 Å². The molecule has 1 fully saturated rings. The van der Waals surface area contributed by atoms with Crippen LogP contribution in [0.2, 0.25) is 0 Å². The Bertz CT molecular complexity index is 355. The number of thiophene rings is 1. The first kappa shape index (κ1) is 11.6. The molecule has 2 heterocycles. The summed E-state index contributed by atoms with van der Waals surface area (Å²) in [6.07, 6.45) is 2.01. The Kier molecular flexibility index (Phi) is 3.30. The average Bonchev–Trinajstić information content (AvgIpc) is 2.88. The van der Waals surface area contributed by atoms with Gasteiger partial charge >= 0.3 is 0 Å². The van der Waals surface area contributed by atoms with Crippen LogP contribution in [-0.2, 0) is 4.79 Å². The normalized spacial score (nSPS) is 26.6. The van der Waals surface area contributed by atoms with Crippen molar-refractivity contribution in [3.8, 4) is 0 Å². The lowest BCUT2D eigenvalue weighted by atomic mass is 9.99. The van der Waals surface area contributed by atoms with Gasteiger partial charge in [0.2, 0.25) is 5.91 Å². The van der Waals surface area contributed by atoms with Crippen molar-refractivity contribution < 1.29 is 4.79 Å². The zero-order valence-electron chi connectivity index (χ0n) is 9.75. The highest BCUT2D eigenvalue weighted by Crippen LogP contribution is 2.22. The maximum Gasteiger partial charge on any atom is 0.240 e. The van der Waals surface area contributed by atoms with Gasteiger partial charge in [-0.1, -0.05) is 6.07 Å². The number of carbonyl (C=O) groups excluding carboxylic acids is 1. The van der Waals surface area contributed by atoms with Gasteiger partial charge in [0.15, 0.2) is 0 Å². The highest BCUT2D eigenvalue weighted by molar-refractivity contribution is 7.10. The predicted octanol–water partition coefficient (Wildman–Crippen LogP) is 2.07. The van der Waals surface area contributed by atoms with Crippen molar-refractivity contribution >= 4 is 17.2 Å². The summed E-state index contributed by atoms with van der Waals surface area (Å²) >= 11 is 1.68. The molecule has 1 aromatic rings. The van der Waals surface area contributed by atoms with E-state index in [2.05, 4.69) is 16.7 Å². The van der Waals surface area contributed by atoms with E-state index in [1.54, 1.807) is 11.3 Å². The molecule has 2 rings (SSSR count). The van der Waals surface area contributed by atoms with E-state index in [-0.39, 0.29) is 17.5 Å². The monoisotopic (exact) mass is 238 g/mol. The van der Waals surface area contributed by atoms with Gasteiger partial charge in [0.1, 0.15) is 0 Å². The third-order valence-electron chi connectivity index (χ3n) is 3.19. The molecular formula is C12H18N2OS. The van der Waals surface area contributed by atoms with Crippen molar-refractivity contribution in [2.24, 2.45) is 0 Å². The maximum atomic E-state index is 12.1. The van der Waals surface area contributed by atoms with Gasteiger partial charge in [-0.2, -0.15) is 0 Å². The van der Waals surface area contributed by atoms with Gasteiger partial charge in [-0.25, -0.2) is 0 Å². The third-order valence-corrected chi connectivity index (χ3v) is 4.24. The lowest BCUT2D eigenvalue weighted by Gasteiger charge is -2.25. The molecule has 0 aromatic carbocycles. The smallest absolute Gasteiger partial charge is 0.240 e. The summed E-state index contributed by atoms with van der Waals surface area (Å²) in [6.45, 7) is 4.95. The summed E-state index contributed by atoms with van der Waals surface area (Å²) < 4.78 is 0. The molecule has 3 nitrogen and oxygen atoms in total. The molecule has 1 saturated heterocycles. The Morgan fingerprint density at radius 1 is 1.69 bits per heavy atom. The Hall–Kier alpha value is -0.870. The Balaban J connectivity index is 1.97. The lowest BCUT2D eigenvalue weighted by Crippen LogP contribution is -2.51. The second kappa shape index (κ2) is 4.55. The minimum absolute atomic E-state index is 0.103. The van der Waals surface area contributed by atoms with Gasteiger partial charge < -0.3 is 10.6 Å². The minimum atomic E-state index is -0.370. The minimum Gasteiger partial charge on any atom is -0.347 e. The summed E-state index contributed by atoms with van der Waals surface area (Å²) in [5.41, 5.74) is -0.370. The van der Waals surface area contributed by atoms with Crippen LogP contribution >= 0.6 is 11.3 Å². The van der Waals surface area contributed by atoms with E-state index in [1.165, 1.54) is 4.88 Å². The number of hydrogen-bond donors (Lipinski definition) is 2. The molecule has 1 aliphatic rings. The van der Waals surface area contributed by atoms with Crippen LogP contribution in [0, 0.1) is 0 Å². The number of hydrogen-bond acceptors (Lipinski definition) is 3. The van der Waals surface area contributed by atoms with E-state index >= 15 is 0 Å². The predicted molar refractivity (Wildman–Crippen MR) is 66.5 cm³/mol. The first-order valence-electron chi connectivity index (χ1n) is 5.71. The molecule has 88 valence electrons. The van der Waals surface area contributed by atoms with E-state index in [1.807, 2.05) is 25.3 Å². The van der Waals surface area contributed by atoms with Crippen LogP contribution in [0.5, 0.6) is 0 Å². The number of carbonyl (C=O) groups is 1. The Morgan fingerprint density at radius 3 is 3.06 bits per heavy atom. The summed E-state index contributed by atoms with van der Waals surface area (Å²) in [4.78, 5) is 13.3. The quantitative estimate of drug-likeness (QED) is 0.846. The molecule has 4 heteroatoms. The van der Waals surface area contributed by atoms with Crippen LogP contribution in [0.25, 0.3) is 0 Å². The van der Waals surface area contributed by atoms with E-state index in [9.17, 15) is 4.79 Å². The molecule has 1 aliphatic heterocycles. The molecule has 0 spiro atoms. The van der Waals surface area contributed by atoms with Crippen LogP contribution in [0.1, 0.15) is 37.6 Å². The van der Waals surface area contributed by atoms with Gasteiger partial charge in [0.25, 0.3) is 0 Å². The molecule has 0 radical (unpaired) electrons. The molecule has 0 aliphatic carbocycles. The first-order chi connectivity index (χ1) is 7.62. The Morgan fingerprint density at radius 2 is 2.50 bits per heavy atom. The molecule has 1 amide bonds. The Labute approximate surface area is 100 Å². The summed E-state index contributed by atoms with van der Waals surface area (Å²) in [7, 11) is 0. The fraction of sp³-hybridized carbons (Fsp3) is 0.583.